The van der Waals surface area contributed by atoms with Crippen LogP contribution in [0, 0.1) is 0 Å². The Hall–Kier alpha value is -2.44. The van der Waals surface area contributed by atoms with Crippen molar-refractivity contribution in [2.24, 2.45) is 0 Å². The molecule has 0 saturated carbocycles. The maximum absolute atomic E-state index is 11.9. The first kappa shape index (κ1) is 18.4. The van der Waals surface area contributed by atoms with E-state index in [2.05, 4.69) is 0 Å². The predicted molar refractivity (Wildman–Crippen MR) is 105 cm³/mol. The summed E-state index contributed by atoms with van der Waals surface area (Å²) in [6.45, 7) is 1.54. The second-order valence-corrected chi connectivity index (χ2v) is 9.00. The lowest BCUT2D eigenvalue weighted by molar-refractivity contribution is 0.102. The van der Waals surface area contributed by atoms with Crippen LogP contribution in [0.5, 0.6) is 5.75 Å². The van der Waals surface area contributed by atoms with Crippen molar-refractivity contribution in [2.45, 2.75) is 11.8 Å². The lowest BCUT2D eigenvalue weighted by Crippen LogP contribution is -1.96. The standard InChI is InChI=1S/C20H18O4S2/c1-13(21)19-12-18(14-6-10-17(11-7-14)26(3,22)23)20(25-19)15-4-8-16(24-2)9-5-15/h4-12H,1-3H3. The fourth-order valence-corrected chi connectivity index (χ4v) is 4.33. The largest absolute Gasteiger partial charge is 0.497 e. The first-order chi connectivity index (χ1) is 12.3. The summed E-state index contributed by atoms with van der Waals surface area (Å²) in [5.74, 6) is 0.764. The highest BCUT2D eigenvalue weighted by molar-refractivity contribution is 7.90. The van der Waals surface area contributed by atoms with Crippen LogP contribution >= 0.6 is 11.3 Å². The van der Waals surface area contributed by atoms with Gasteiger partial charge in [-0.2, -0.15) is 0 Å². The summed E-state index contributed by atoms with van der Waals surface area (Å²) in [4.78, 5) is 13.8. The Morgan fingerprint density at radius 2 is 1.54 bits per heavy atom. The molecule has 0 aliphatic heterocycles. The second-order valence-electron chi connectivity index (χ2n) is 5.93. The molecule has 0 saturated heterocycles. The quantitative estimate of drug-likeness (QED) is 0.597. The van der Waals surface area contributed by atoms with Crippen LogP contribution in [-0.2, 0) is 9.84 Å². The molecule has 0 spiro atoms. The number of ether oxygens (including phenoxy) is 1. The van der Waals surface area contributed by atoms with E-state index in [1.165, 1.54) is 17.6 Å². The van der Waals surface area contributed by atoms with Crippen LogP contribution in [0.2, 0.25) is 0 Å². The second kappa shape index (κ2) is 7.05. The third kappa shape index (κ3) is 3.71. The number of carbonyl (C=O) groups is 1. The lowest BCUT2D eigenvalue weighted by atomic mass is 10.0. The molecule has 0 atom stereocenters. The van der Waals surface area contributed by atoms with Gasteiger partial charge in [0.2, 0.25) is 0 Å². The molecule has 2 aromatic carbocycles. The molecule has 0 radical (unpaired) electrons. The number of hydrogen-bond acceptors (Lipinski definition) is 5. The van der Waals surface area contributed by atoms with Gasteiger partial charge in [-0.1, -0.05) is 12.1 Å². The third-order valence-electron chi connectivity index (χ3n) is 4.02. The van der Waals surface area contributed by atoms with Crippen LogP contribution in [0.25, 0.3) is 21.6 Å². The van der Waals surface area contributed by atoms with Crippen molar-refractivity contribution in [3.05, 3.63) is 59.5 Å². The van der Waals surface area contributed by atoms with E-state index in [0.29, 0.717) is 4.88 Å². The maximum Gasteiger partial charge on any atom is 0.175 e. The summed E-state index contributed by atoms with van der Waals surface area (Å²) in [6, 6.07) is 16.2. The van der Waals surface area contributed by atoms with Crippen LogP contribution in [0.4, 0.5) is 0 Å². The average Bonchev–Trinajstić information content (AvgIpc) is 3.07. The number of carbonyl (C=O) groups excluding carboxylic acids is 1. The van der Waals surface area contributed by atoms with E-state index in [0.717, 1.165) is 27.3 Å². The van der Waals surface area contributed by atoms with Gasteiger partial charge in [-0.15, -0.1) is 11.3 Å². The van der Waals surface area contributed by atoms with Crippen molar-refractivity contribution < 1.29 is 17.9 Å². The molecule has 3 rings (SSSR count). The smallest absolute Gasteiger partial charge is 0.175 e. The van der Waals surface area contributed by atoms with Gasteiger partial charge in [0.05, 0.1) is 16.9 Å². The zero-order valence-corrected chi connectivity index (χ0v) is 16.3. The zero-order valence-electron chi connectivity index (χ0n) is 14.6. The fraction of sp³-hybridized carbons (Fsp3) is 0.150. The van der Waals surface area contributed by atoms with Crippen LogP contribution in [0.15, 0.2) is 59.5 Å². The predicted octanol–water partition coefficient (Wildman–Crippen LogP) is 4.70. The van der Waals surface area contributed by atoms with Crippen LogP contribution < -0.4 is 4.74 Å². The summed E-state index contributed by atoms with van der Waals surface area (Å²) in [6.07, 6.45) is 1.18. The van der Waals surface area contributed by atoms with Gasteiger partial charge in [0, 0.05) is 16.7 Å². The van der Waals surface area contributed by atoms with Gasteiger partial charge in [0.1, 0.15) is 5.75 Å². The highest BCUT2D eigenvalue weighted by Crippen LogP contribution is 2.40. The van der Waals surface area contributed by atoms with Gasteiger partial charge in [0.15, 0.2) is 15.6 Å². The number of Topliss-reactive ketones (excluding diaryl/α,β-unsaturated/α-hetero) is 1. The van der Waals surface area contributed by atoms with E-state index < -0.39 is 9.84 Å². The summed E-state index contributed by atoms with van der Waals surface area (Å²) in [5.41, 5.74) is 2.75. The number of methoxy groups -OCH3 is 1. The molecular weight excluding hydrogens is 368 g/mol. The fourth-order valence-electron chi connectivity index (χ4n) is 2.62. The van der Waals surface area contributed by atoms with E-state index in [-0.39, 0.29) is 10.7 Å². The SMILES string of the molecule is COc1ccc(-c2sc(C(C)=O)cc2-c2ccc(S(C)(=O)=O)cc2)cc1. The topological polar surface area (TPSA) is 60.4 Å². The van der Waals surface area contributed by atoms with E-state index in [4.69, 9.17) is 4.74 Å². The molecule has 0 aliphatic rings. The Balaban J connectivity index is 2.12. The van der Waals surface area contributed by atoms with Crippen molar-refractivity contribution in [1.29, 1.82) is 0 Å². The van der Waals surface area contributed by atoms with Gasteiger partial charge in [-0.05, 0) is 60.5 Å². The minimum Gasteiger partial charge on any atom is -0.497 e. The molecule has 0 aliphatic carbocycles. The molecular formula is C20H18O4S2. The summed E-state index contributed by atoms with van der Waals surface area (Å²) >= 11 is 1.43. The van der Waals surface area contributed by atoms with Gasteiger partial charge in [0.25, 0.3) is 0 Å². The summed E-state index contributed by atoms with van der Waals surface area (Å²) < 4.78 is 28.5. The highest BCUT2D eigenvalue weighted by Gasteiger charge is 2.16. The number of benzene rings is 2. The molecule has 1 aromatic heterocycles. The van der Waals surface area contributed by atoms with Crippen molar-refractivity contribution in [3.8, 4) is 27.3 Å². The van der Waals surface area contributed by atoms with Crippen LogP contribution in [0.1, 0.15) is 16.6 Å². The Morgan fingerprint density at radius 1 is 0.962 bits per heavy atom. The van der Waals surface area contributed by atoms with Gasteiger partial charge < -0.3 is 4.74 Å². The Labute approximate surface area is 157 Å². The molecule has 0 fully saturated rings. The molecule has 0 unspecified atom stereocenters. The third-order valence-corrected chi connectivity index (χ3v) is 6.44. The molecule has 3 aromatic rings. The minimum absolute atomic E-state index is 0.00349. The van der Waals surface area contributed by atoms with Gasteiger partial charge in [-0.3, -0.25) is 4.79 Å². The molecule has 1 heterocycles. The lowest BCUT2D eigenvalue weighted by Gasteiger charge is -2.07. The first-order valence-corrected chi connectivity index (χ1v) is 10.6. The number of rotatable bonds is 5. The Bertz CT molecular complexity index is 1040. The molecule has 0 bridgehead atoms. The number of thiophene rings is 1. The van der Waals surface area contributed by atoms with Crippen molar-refractivity contribution in [2.75, 3.05) is 13.4 Å². The Kier molecular flexibility index (Phi) is 4.98. The van der Waals surface area contributed by atoms with Gasteiger partial charge >= 0.3 is 0 Å². The molecule has 26 heavy (non-hydrogen) atoms. The number of ketones is 1. The number of sulfone groups is 1. The van der Waals surface area contributed by atoms with Crippen molar-refractivity contribution in [1.82, 2.24) is 0 Å². The molecule has 0 amide bonds. The van der Waals surface area contributed by atoms with Crippen molar-refractivity contribution >= 4 is 27.0 Å². The number of hydrogen-bond donors (Lipinski definition) is 0. The molecule has 4 nitrogen and oxygen atoms in total. The zero-order chi connectivity index (χ0) is 18.9. The van der Waals surface area contributed by atoms with E-state index in [9.17, 15) is 13.2 Å². The molecule has 134 valence electrons. The van der Waals surface area contributed by atoms with E-state index >= 15 is 0 Å². The first-order valence-electron chi connectivity index (χ1n) is 7.89. The van der Waals surface area contributed by atoms with Gasteiger partial charge in [-0.25, -0.2) is 8.42 Å². The molecule has 0 N–H and O–H groups in total. The normalized spacial score (nSPS) is 11.3. The maximum atomic E-state index is 11.9. The monoisotopic (exact) mass is 386 g/mol. The highest BCUT2D eigenvalue weighted by atomic mass is 32.2. The van der Waals surface area contributed by atoms with E-state index in [1.54, 1.807) is 38.3 Å². The van der Waals surface area contributed by atoms with Crippen LogP contribution in [-0.4, -0.2) is 27.6 Å². The average molecular weight is 386 g/mol. The Morgan fingerprint density at radius 3 is 2.04 bits per heavy atom. The summed E-state index contributed by atoms with van der Waals surface area (Å²) in [5, 5.41) is 0. The minimum atomic E-state index is -3.25. The molecule has 6 heteroatoms. The van der Waals surface area contributed by atoms with E-state index in [1.807, 2.05) is 30.3 Å². The summed E-state index contributed by atoms with van der Waals surface area (Å²) in [7, 11) is -1.63. The van der Waals surface area contributed by atoms with Crippen LogP contribution in [0.3, 0.4) is 0 Å². The van der Waals surface area contributed by atoms with Crippen molar-refractivity contribution in [3.63, 3.8) is 0 Å².